The van der Waals surface area contributed by atoms with E-state index >= 15 is 0 Å². The monoisotopic (exact) mass is 262 g/mol. The number of ether oxygens (including phenoxy) is 1. The molecule has 0 atom stereocenters. The Hall–Kier alpha value is -1.92. The minimum Gasteiger partial charge on any atom is -0.496 e. The molecule has 7 heteroatoms. The van der Waals surface area contributed by atoms with Gasteiger partial charge < -0.3 is 15.4 Å². The Labute approximate surface area is 102 Å². The maximum absolute atomic E-state index is 12.2. The van der Waals surface area contributed by atoms with Crippen molar-refractivity contribution in [3.63, 3.8) is 0 Å². The summed E-state index contributed by atoms with van der Waals surface area (Å²) in [6, 6.07) is 4.22. The number of carbonyl (C=O) groups is 1. The number of hydrogen-bond acceptors (Lipinski definition) is 3. The normalized spacial score (nSPS) is 11.2. The van der Waals surface area contributed by atoms with Crippen LogP contribution in [-0.4, -0.2) is 37.7 Å². The number of methoxy groups -OCH3 is 1. The van der Waals surface area contributed by atoms with Gasteiger partial charge in [0, 0.05) is 12.7 Å². The van der Waals surface area contributed by atoms with Crippen LogP contribution in [0.1, 0.15) is 10.4 Å². The average Bonchev–Trinajstić information content (AvgIpc) is 2.25. The molecule has 1 amide bonds. The van der Waals surface area contributed by atoms with E-state index in [-0.39, 0.29) is 17.0 Å². The van der Waals surface area contributed by atoms with E-state index in [1.54, 1.807) is 0 Å². The molecular weight excluding hydrogens is 249 g/mol. The molecule has 0 saturated heterocycles. The van der Waals surface area contributed by atoms with Crippen LogP contribution in [0.5, 0.6) is 5.75 Å². The van der Waals surface area contributed by atoms with Crippen molar-refractivity contribution in [2.75, 3.05) is 26.4 Å². The molecule has 18 heavy (non-hydrogen) atoms. The van der Waals surface area contributed by atoms with Gasteiger partial charge in [-0.1, -0.05) is 0 Å². The number of halogens is 3. The van der Waals surface area contributed by atoms with E-state index in [2.05, 4.69) is 0 Å². The molecule has 4 nitrogen and oxygen atoms in total. The Morgan fingerprint density at radius 2 is 2.06 bits per heavy atom. The van der Waals surface area contributed by atoms with Crippen molar-refractivity contribution in [3.05, 3.63) is 23.8 Å². The lowest BCUT2D eigenvalue weighted by Crippen LogP contribution is -2.36. The molecule has 0 aromatic heterocycles. The molecule has 1 aromatic carbocycles. The maximum Gasteiger partial charge on any atom is 0.406 e. The number of nitrogens with zero attached hydrogens (tertiary/aromatic N) is 1. The zero-order valence-electron chi connectivity index (χ0n) is 9.91. The molecule has 0 saturated carbocycles. The minimum atomic E-state index is -4.45. The van der Waals surface area contributed by atoms with E-state index in [9.17, 15) is 18.0 Å². The van der Waals surface area contributed by atoms with Gasteiger partial charge in [-0.3, -0.25) is 4.79 Å². The highest BCUT2D eigenvalue weighted by molar-refractivity contribution is 5.97. The summed E-state index contributed by atoms with van der Waals surface area (Å²) in [5.41, 5.74) is 5.78. The van der Waals surface area contributed by atoms with E-state index in [0.717, 1.165) is 7.05 Å². The van der Waals surface area contributed by atoms with Crippen molar-refractivity contribution < 1.29 is 22.7 Å². The van der Waals surface area contributed by atoms with Crippen LogP contribution in [0.3, 0.4) is 0 Å². The summed E-state index contributed by atoms with van der Waals surface area (Å²) < 4.78 is 41.5. The quantitative estimate of drug-likeness (QED) is 0.846. The van der Waals surface area contributed by atoms with Gasteiger partial charge >= 0.3 is 6.18 Å². The van der Waals surface area contributed by atoms with Crippen LogP contribution >= 0.6 is 0 Å². The van der Waals surface area contributed by atoms with Gasteiger partial charge in [0.2, 0.25) is 0 Å². The standard InChI is InChI=1S/C11H13F3N2O2/c1-16(6-11(12,13)14)10(17)8-5-7(15)3-4-9(8)18-2/h3-5H,6,15H2,1-2H3. The number of nitrogens with two attached hydrogens (primary N) is 1. The van der Waals surface area contributed by atoms with Crippen LogP contribution in [0.15, 0.2) is 18.2 Å². The van der Waals surface area contributed by atoms with E-state index in [1.165, 1.54) is 25.3 Å². The Bertz CT molecular complexity index is 446. The highest BCUT2D eigenvalue weighted by atomic mass is 19.4. The molecule has 0 aliphatic carbocycles. The summed E-state index contributed by atoms with van der Waals surface area (Å²) in [6.45, 7) is -1.33. The highest BCUT2D eigenvalue weighted by Gasteiger charge is 2.32. The molecule has 0 heterocycles. The maximum atomic E-state index is 12.2. The van der Waals surface area contributed by atoms with Crippen LogP contribution < -0.4 is 10.5 Å². The average molecular weight is 262 g/mol. The lowest BCUT2D eigenvalue weighted by atomic mass is 10.1. The van der Waals surface area contributed by atoms with Crippen molar-refractivity contribution in [3.8, 4) is 5.75 Å². The Morgan fingerprint density at radius 3 is 2.56 bits per heavy atom. The molecule has 1 rings (SSSR count). The molecule has 0 spiro atoms. The second-order valence-electron chi connectivity index (χ2n) is 3.74. The van der Waals surface area contributed by atoms with Crippen LogP contribution in [0.25, 0.3) is 0 Å². The SMILES string of the molecule is COc1ccc(N)cc1C(=O)N(C)CC(F)(F)F. The fourth-order valence-electron chi connectivity index (χ4n) is 1.44. The third-order valence-electron chi connectivity index (χ3n) is 2.22. The first-order valence-electron chi connectivity index (χ1n) is 5.00. The van der Waals surface area contributed by atoms with Gasteiger partial charge in [0.15, 0.2) is 0 Å². The van der Waals surface area contributed by atoms with Crippen molar-refractivity contribution in [2.24, 2.45) is 0 Å². The molecule has 2 N–H and O–H groups in total. The predicted octanol–water partition coefficient (Wildman–Crippen LogP) is 1.91. The first-order valence-corrected chi connectivity index (χ1v) is 5.00. The van der Waals surface area contributed by atoms with Gasteiger partial charge in [-0.25, -0.2) is 0 Å². The third kappa shape index (κ3) is 3.54. The first kappa shape index (κ1) is 14.1. The van der Waals surface area contributed by atoms with Crippen LogP contribution in [0.4, 0.5) is 18.9 Å². The molecule has 0 aliphatic rings. The lowest BCUT2D eigenvalue weighted by Gasteiger charge is -2.20. The van der Waals surface area contributed by atoms with Crippen molar-refractivity contribution >= 4 is 11.6 Å². The highest BCUT2D eigenvalue weighted by Crippen LogP contribution is 2.24. The molecular formula is C11H13F3N2O2. The van der Waals surface area contributed by atoms with Gasteiger partial charge in [-0.05, 0) is 18.2 Å². The van der Waals surface area contributed by atoms with Crippen molar-refractivity contribution in [1.82, 2.24) is 4.90 Å². The fraction of sp³-hybridized carbons (Fsp3) is 0.364. The number of rotatable bonds is 3. The summed E-state index contributed by atoms with van der Waals surface area (Å²) in [4.78, 5) is 12.4. The lowest BCUT2D eigenvalue weighted by molar-refractivity contribution is -0.138. The second-order valence-corrected chi connectivity index (χ2v) is 3.74. The van der Waals surface area contributed by atoms with Crippen molar-refractivity contribution in [2.45, 2.75) is 6.18 Å². The van der Waals surface area contributed by atoms with Gasteiger partial charge in [-0.15, -0.1) is 0 Å². The smallest absolute Gasteiger partial charge is 0.406 e. The van der Waals surface area contributed by atoms with Crippen LogP contribution in [0, 0.1) is 0 Å². The number of alkyl halides is 3. The molecule has 0 unspecified atom stereocenters. The van der Waals surface area contributed by atoms with E-state index in [0.29, 0.717) is 4.90 Å². The van der Waals surface area contributed by atoms with Crippen LogP contribution in [-0.2, 0) is 0 Å². The summed E-state index contributed by atoms with van der Waals surface area (Å²) in [5.74, 6) is -0.611. The summed E-state index contributed by atoms with van der Waals surface area (Å²) in [5, 5.41) is 0. The second kappa shape index (κ2) is 5.16. The minimum absolute atomic E-state index is 0.00394. The van der Waals surface area contributed by atoms with E-state index in [4.69, 9.17) is 10.5 Å². The summed E-state index contributed by atoms with van der Waals surface area (Å²) in [6.07, 6.45) is -4.45. The largest absolute Gasteiger partial charge is 0.496 e. The number of benzene rings is 1. The molecule has 100 valence electrons. The first-order chi connectivity index (χ1) is 8.24. The van der Waals surface area contributed by atoms with Gasteiger partial charge in [0.05, 0.1) is 12.7 Å². The van der Waals surface area contributed by atoms with E-state index in [1.807, 2.05) is 0 Å². The number of hydrogen-bond donors (Lipinski definition) is 1. The van der Waals surface area contributed by atoms with Gasteiger partial charge in [0.25, 0.3) is 5.91 Å². The Morgan fingerprint density at radius 1 is 1.44 bits per heavy atom. The molecule has 0 bridgehead atoms. The molecule has 0 radical (unpaired) electrons. The summed E-state index contributed by atoms with van der Waals surface area (Å²) >= 11 is 0. The predicted molar refractivity (Wildman–Crippen MR) is 60.4 cm³/mol. The topological polar surface area (TPSA) is 55.6 Å². The Balaban J connectivity index is 2.99. The fourth-order valence-corrected chi connectivity index (χ4v) is 1.44. The number of anilines is 1. The molecule has 0 fully saturated rings. The zero-order valence-corrected chi connectivity index (χ0v) is 9.91. The third-order valence-corrected chi connectivity index (χ3v) is 2.22. The number of nitrogen functional groups attached to an aromatic ring is 1. The van der Waals surface area contributed by atoms with Crippen molar-refractivity contribution in [1.29, 1.82) is 0 Å². The van der Waals surface area contributed by atoms with E-state index < -0.39 is 18.6 Å². The summed E-state index contributed by atoms with van der Waals surface area (Å²) in [7, 11) is 2.39. The van der Waals surface area contributed by atoms with Crippen LogP contribution in [0.2, 0.25) is 0 Å². The zero-order chi connectivity index (χ0) is 13.9. The van der Waals surface area contributed by atoms with Gasteiger partial charge in [0.1, 0.15) is 12.3 Å². The number of carbonyl (C=O) groups excluding carboxylic acids is 1. The Kier molecular flexibility index (Phi) is 4.05. The molecule has 0 aliphatic heterocycles. The van der Waals surface area contributed by atoms with Gasteiger partial charge in [-0.2, -0.15) is 13.2 Å². The molecule has 1 aromatic rings. The number of amides is 1.